The molecule has 2 nitrogen and oxygen atoms in total. The summed E-state index contributed by atoms with van der Waals surface area (Å²) in [4.78, 5) is 10.0. The number of fused-ring (bicyclic) bond motifs is 1. The van der Waals surface area contributed by atoms with E-state index in [0.717, 1.165) is 26.0 Å². The van der Waals surface area contributed by atoms with Crippen molar-refractivity contribution in [1.29, 1.82) is 0 Å². The lowest BCUT2D eigenvalue weighted by molar-refractivity contribution is 0.933. The van der Waals surface area contributed by atoms with Crippen molar-refractivity contribution in [2.75, 3.05) is 6.26 Å². The molecule has 0 N–H and O–H groups in total. The third kappa shape index (κ3) is 3.29. The number of para-hydroxylation sites is 1. The van der Waals surface area contributed by atoms with Gasteiger partial charge in [0, 0.05) is 15.3 Å². The van der Waals surface area contributed by atoms with E-state index in [1.807, 2.05) is 42.7 Å². The van der Waals surface area contributed by atoms with Crippen molar-refractivity contribution >= 4 is 57.6 Å². The van der Waals surface area contributed by atoms with Gasteiger partial charge in [-0.05, 0) is 30.5 Å². The minimum absolute atomic E-state index is 0.626. The first kappa shape index (κ1) is 15.0. The van der Waals surface area contributed by atoms with Gasteiger partial charge >= 0.3 is 0 Å². The van der Waals surface area contributed by atoms with Crippen LogP contribution in [-0.2, 0) is 0 Å². The zero-order chi connectivity index (χ0) is 14.8. The van der Waals surface area contributed by atoms with Crippen LogP contribution in [0.1, 0.15) is 0 Å². The van der Waals surface area contributed by atoms with Crippen molar-refractivity contribution in [2.45, 2.75) is 15.1 Å². The molecule has 0 unspecified atom stereocenters. The maximum Gasteiger partial charge on any atom is 0.188 e. The molecular weight excluding hydrogens is 343 g/mol. The maximum absolute atomic E-state index is 6.25. The first-order valence-corrected chi connectivity index (χ1v) is 8.91. The fraction of sp³-hybridized carbons (Fsp3) is 0.0667. The van der Waals surface area contributed by atoms with Gasteiger partial charge < -0.3 is 0 Å². The van der Waals surface area contributed by atoms with Crippen LogP contribution in [0.3, 0.4) is 0 Å². The van der Waals surface area contributed by atoms with Gasteiger partial charge in [0.25, 0.3) is 0 Å². The number of aromatic nitrogens is 2. The molecule has 0 aliphatic carbocycles. The van der Waals surface area contributed by atoms with E-state index in [1.54, 1.807) is 6.07 Å². The summed E-state index contributed by atoms with van der Waals surface area (Å²) in [5.41, 5.74) is 0.935. The van der Waals surface area contributed by atoms with Crippen molar-refractivity contribution < 1.29 is 0 Å². The summed E-state index contributed by atoms with van der Waals surface area (Å²) in [6.45, 7) is 0. The average molecular weight is 353 g/mol. The highest BCUT2D eigenvalue weighted by molar-refractivity contribution is 7.99. The van der Waals surface area contributed by atoms with Crippen LogP contribution in [0.25, 0.3) is 10.9 Å². The van der Waals surface area contributed by atoms with E-state index in [9.17, 15) is 0 Å². The third-order valence-electron chi connectivity index (χ3n) is 2.83. The quantitative estimate of drug-likeness (QED) is 0.337. The Labute approximate surface area is 141 Å². The summed E-state index contributed by atoms with van der Waals surface area (Å²) < 4.78 is 0. The van der Waals surface area contributed by atoms with Gasteiger partial charge in [0.05, 0.1) is 10.5 Å². The highest BCUT2D eigenvalue weighted by atomic mass is 35.5. The van der Waals surface area contributed by atoms with Gasteiger partial charge in [-0.25, -0.2) is 9.97 Å². The monoisotopic (exact) mass is 352 g/mol. The topological polar surface area (TPSA) is 25.8 Å². The van der Waals surface area contributed by atoms with E-state index in [4.69, 9.17) is 23.2 Å². The molecule has 21 heavy (non-hydrogen) atoms. The third-order valence-corrected chi connectivity index (χ3v) is 5.12. The number of halogens is 2. The number of nitrogens with zero attached hydrogens (tertiary/aromatic N) is 2. The van der Waals surface area contributed by atoms with Crippen LogP contribution in [0.5, 0.6) is 0 Å². The van der Waals surface area contributed by atoms with Crippen LogP contribution in [-0.4, -0.2) is 16.2 Å². The molecule has 0 amide bonds. The summed E-state index contributed by atoms with van der Waals surface area (Å²) in [5, 5.41) is 3.92. The van der Waals surface area contributed by atoms with Gasteiger partial charge in [0.2, 0.25) is 0 Å². The van der Waals surface area contributed by atoms with E-state index in [2.05, 4.69) is 9.97 Å². The molecule has 0 fully saturated rings. The van der Waals surface area contributed by atoms with E-state index < -0.39 is 0 Å². The first-order valence-electron chi connectivity index (χ1n) is 6.11. The number of rotatable bonds is 3. The second-order valence-corrected chi connectivity index (χ2v) is 6.86. The fourth-order valence-electron chi connectivity index (χ4n) is 1.86. The largest absolute Gasteiger partial charge is 0.222 e. The lowest BCUT2D eigenvalue weighted by Crippen LogP contribution is -1.91. The van der Waals surface area contributed by atoms with Gasteiger partial charge in [-0.15, -0.1) is 0 Å². The van der Waals surface area contributed by atoms with E-state index in [1.165, 1.54) is 23.5 Å². The molecule has 2 aromatic carbocycles. The Morgan fingerprint density at radius 3 is 2.57 bits per heavy atom. The Balaban J connectivity index is 2.10. The van der Waals surface area contributed by atoms with E-state index in [0.29, 0.717) is 10.0 Å². The molecule has 0 saturated heterocycles. The van der Waals surface area contributed by atoms with Gasteiger partial charge in [0.1, 0.15) is 5.03 Å². The zero-order valence-electron chi connectivity index (χ0n) is 11.0. The van der Waals surface area contributed by atoms with Crippen LogP contribution in [0, 0.1) is 0 Å². The standard InChI is InChI=1S/C15H10Cl2N2S2/c1-20-15-18-12-5-3-2-4-10(12)14(19-15)21-13-7-6-9(16)8-11(13)17/h2-8H,1H3. The lowest BCUT2D eigenvalue weighted by atomic mass is 10.2. The molecule has 0 aliphatic heterocycles. The van der Waals surface area contributed by atoms with E-state index >= 15 is 0 Å². The Morgan fingerprint density at radius 2 is 1.81 bits per heavy atom. The molecule has 0 saturated carbocycles. The number of hydrogen-bond acceptors (Lipinski definition) is 4. The van der Waals surface area contributed by atoms with Crippen molar-refractivity contribution in [2.24, 2.45) is 0 Å². The summed E-state index contributed by atoms with van der Waals surface area (Å²) in [6, 6.07) is 13.4. The lowest BCUT2D eigenvalue weighted by Gasteiger charge is -2.08. The molecule has 3 aromatic rings. The molecular formula is C15H10Cl2N2S2. The maximum atomic E-state index is 6.25. The van der Waals surface area contributed by atoms with Crippen molar-refractivity contribution in [3.63, 3.8) is 0 Å². The summed E-state index contributed by atoms with van der Waals surface area (Å²) in [7, 11) is 0. The molecule has 6 heteroatoms. The molecule has 0 bridgehead atoms. The molecule has 106 valence electrons. The Morgan fingerprint density at radius 1 is 1.00 bits per heavy atom. The molecule has 1 aromatic heterocycles. The highest BCUT2D eigenvalue weighted by Crippen LogP contribution is 2.37. The second-order valence-electron chi connectivity index (χ2n) is 4.21. The predicted molar refractivity (Wildman–Crippen MR) is 91.9 cm³/mol. The molecule has 0 radical (unpaired) electrons. The zero-order valence-corrected chi connectivity index (χ0v) is 14.2. The van der Waals surface area contributed by atoms with Crippen molar-refractivity contribution in [3.8, 4) is 0 Å². The highest BCUT2D eigenvalue weighted by Gasteiger charge is 2.11. The molecule has 0 atom stereocenters. The van der Waals surface area contributed by atoms with Crippen LogP contribution < -0.4 is 0 Å². The fourth-order valence-corrected chi connectivity index (χ4v) is 3.73. The van der Waals surface area contributed by atoms with Crippen molar-refractivity contribution in [3.05, 3.63) is 52.5 Å². The molecule has 3 rings (SSSR count). The molecule has 1 heterocycles. The first-order chi connectivity index (χ1) is 10.2. The molecule has 0 spiro atoms. The van der Waals surface area contributed by atoms with Crippen LogP contribution in [0.15, 0.2) is 57.5 Å². The van der Waals surface area contributed by atoms with Crippen LogP contribution >= 0.6 is 46.7 Å². The minimum Gasteiger partial charge on any atom is -0.222 e. The van der Waals surface area contributed by atoms with Crippen LogP contribution in [0.4, 0.5) is 0 Å². The summed E-state index contributed by atoms with van der Waals surface area (Å²) in [6.07, 6.45) is 1.97. The van der Waals surface area contributed by atoms with E-state index in [-0.39, 0.29) is 0 Å². The van der Waals surface area contributed by atoms with Gasteiger partial charge in [-0.1, -0.05) is 64.9 Å². The minimum atomic E-state index is 0.626. The van der Waals surface area contributed by atoms with Crippen molar-refractivity contribution in [1.82, 2.24) is 9.97 Å². The smallest absolute Gasteiger partial charge is 0.188 e. The van der Waals surface area contributed by atoms with Crippen LogP contribution in [0.2, 0.25) is 10.0 Å². The normalized spacial score (nSPS) is 11.0. The second kappa shape index (κ2) is 6.44. The van der Waals surface area contributed by atoms with Gasteiger partial charge in [-0.3, -0.25) is 0 Å². The van der Waals surface area contributed by atoms with Gasteiger partial charge in [0.15, 0.2) is 5.16 Å². The average Bonchev–Trinajstić information content (AvgIpc) is 2.49. The predicted octanol–water partition coefficient (Wildman–Crippen LogP) is 5.81. The number of thioether (sulfide) groups is 1. The summed E-state index contributed by atoms with van der Waals surface area (Å²) in [5.74, 6) is 0. The van der Waals surface area contributed by atoms with Gasteiger partial charge in [-0.2, -0.15) is 0 Å². The SMILES string of the molecule is CSc1nc(Sc2ccc(Cl)cc2Cl)c2ccccc2n1. The molecule has 0 aliphatic rings. The Kier molecular flexibility index (Phi) is 4.60. The Bertz CT molecular complexity index is 809. The number of benzene rings is 2. The Hall–Kier alpha value is -0.940. The summed E-state index contributed by atoms with van der Waals surface area (Å²) >= 11 is 15.2. The number of hydrogen-bond donors (Lipinski definition) is 0.